The van der Waals surface area contributed by atoms with Crippen molar-refractivity contribution in [2.45, 2.75) is 13.0 Å². The summed E-state index contributed by atoms with van der Waals surface area (Å²) in [5.41, 5.74) is -0.202. The lowest BCUT2D eigenvalue weighted by molar-refractivity contribution is -0.383. The molecule has 0 spiro atoms. The molecule has 9 heteroatoms. The topological polar surface area (TPSA) is 108 Å². The van der Waals surface area contributed by atoms with E-state index < -0.39 is 22.9 Å². The van der Waals surface area contributed by atoms with Gasteiger partial charge < -0.3 is 14.8 Å². The van der Waals surface area contributed by atoms with Gasteiger partial charge in [0.1, 0.15) is 17.0 Å². The van der Waals surface area contributed by atoms with Gasteiger partial charge in [-0.05, 0) is 31.2 Å². The number of hydrogen-bond donors (Lipinski definition) is 1. The SMILES string of the molecule is COc1ccc(Cl)cc1C(=O)O[C@@H](C)C(=O)Nc1ccccc1[N+](=O)[O-]. The fraction of sp³-hybridized carbons (Fsp3) is 0.176. The molecular formula is C17H15ClN2O6. The molecule has 0 saturated carbocycles. The number of carbonyl (C=O) groups is 2. The van der Waals surface area contributed by atoms with Gasteiger partial charge in [-0.15, -0.1) is 0 Å². The maximum atomic E-state index is 12.3. The number of anilines is 1. The van der Waals surface area contributed by atoms with E-state index in [0.29, 0.717) is 5.02 Å². The normalized spacial score (nSPS) is 11.3. The van der Waals surface area contributed by atoms with E-state index in [1.165, 1.54) is 50.4 Å². The summed E-state index contributed by atoms with van der Waals surface area (Å²) in [4.78, 5) is 34.8. The fourth-order valence-electron chi connectivity index (χ4n) is 2.09. The molecule has 8 nitrogen and oxygen atoms in total. The minimum atomic E-state index is -1.20. The zero-order valence-corrected chi connectivity index (χ0v) is 14.6. The molecule has 1 amide bonds. The molecule has 2 aromatic carbocycles. The summed E-state index contributed by atoms with van der Waals surface area (Å²) in [5, 5.41) is 13.7. The van der Waals surface area contributed by atoms with Crippen LogP contribution in [-0.2, 0) is 9.53 Å². The highest BCUT2D eigenvalue weighted by molar-refractivity contribution is 6.31. The summed E-state index contributed by atoms with van der Waals surface area (Å²) in [6.45, 7) is 1.35. The van der Waals surface area contributed by atoms with Gasteiger partial charge in [-0.2, -0.15) is 0 Å². The molecule has 0 aliphatic carbocycles. The first kappa shape index (κ1) is 19.2. The van der Waals surface area contributed by atoms with Crippen molar-refractivity contribution in [3.8, 4) is 5.75 Å². The minimum Gasteiger partial charge on any atom is -0.496 e. The Morgan fingerprint density at radius 2 is 1.92 bits per heavy atom. The number of benzene rings is 2. The number of methoxy groups -OCH3 is 1. The summed E-state index contributed by atoms with van der Waals surface area (Å²) in [6.07, 6.45) is -1.20. The number of carbonyl (C=O) groups excluding carboxylic acids is 2. The molecule has 1 N–H and O–H groups in total. The van der Waals surface area contributed by atoms with Crippen molar-refractivity contribution in [3.05, 3.63) is 63.2 Å². The van der Waals surface area contributed by atoms with Gasteiger partial charge in [0.2, 0.25) is 0 Å². The first-order valence-corrected chi connectivity index (χ1v) is 7.80. The lowest BCUT2D eigenvalue weighted by Gasteiger charge is -2.15. The first-order chi connectivity index (χ1) is 12.3. The van der Waals surface area contributed by atoms with Crippen LogP contribution in [0.25, 0.3) is 0 Å². The second-order valence-corrected chi connectivity index (χ2v) is 5.59. The van der Waals surface area contributed by atoms with Gasteiger partial charge in [0.15, 0.2) is 6.10 Å². The molecule has 0 bridgehead atoms. The Morgan fingerprint density at radius 3 is 2.58 bits per heavy atom. The predicted molar refractivity (Wildman–Crippen MR) is 94.6 cm³/mol. The second kappa shape index (κ2) is 8.30. The molecule has 0 radical (unpaired) electrons. The highest BCUT2D eigenvalue weighted by Gasteiger charge is 2.23. The molecule has 2 rings (SSSR count). The van der Waals surface area contributed by atoms with Crippen LogP contribution in [0, 0.1) is 10.1 Å². The van der Waals surface area contributed by atoms with Crippen molar-refractivity contribution >= 4 is 34.9 Å². The molecule has 136 valence electrons. The number of nitro benzene ring substituents is 1. The van der Waals surface area contributed by atoms with Crippen LogP contribution < -0.4 is 10.1 Å². The Hall–Kier alpha value is -3.13. The van der Waals surface area contributed by atoms with E-state index in [2.05, 4.69) is 5.32 Å². The van der Waals surface area contributed by atoms with Crippen molar-refractivity contribution in [1.29, 1.82) is 0 Å². The summed E-state index contributed by atoms with van der Waals surface area (Å²) in [7, 11) is 1.38. The van der Waals surface area contributed by atoms with Crippen LogP contribution in [-0.4, -0.2) is 30.0 Å². The van der Waals surface area contributed by atoms with E-state index in [-0.39, 0.29) is 22.7 Å². The second-order valence-electron chi connectivity index (χ2n) is 5.16. The number of esters is 1. The first-order valence-electron chi connectivity index (χ1n) is 7.42. The Balaban J connectivity index is 2.11. The standard InChI is InChI=1S/C17H15ClN2O6/c1-10(16(21)19-13-5-3-4-6-14(13)20(23)24)26-17(22)12-9-11(18)7-8-15(12)25-2/h3-10H,1-2H3,(H,19,21)/t10-/m0/s1. The number of ether oxygens (including phenoxy) is 2. The number of nitrogens with zero attached hydrogens (tertiary/aromatic N) is 1. The number of amides is 1. The van der Waals surface area contributed by atoms with Gasteiger partial charge in [0, 0.05) is 11.1 Å². The monoisotopic (exact) mass is 378 g/mol. The Kier molecular flexibility index (Phi) is 6.13. The van der Waals surface area contributed by atoms with Crippen LogP contribution in [0.1, 0.15) is 17.3 Å². The van der Waals surface area contributed by atoms with Crippen LogP contribution in [0.3, 0.4) is 0 Å². The van der Waals surface area contributed by atoms with Crippen LogP contribution in [0.5, 0.6) is 5.75 Å². The van der Waals surface area contributed by atoms with Gasteiger partial charge in [-0.1, -0.05) is 23.7 Å². The number of rotatable bonds is 6. The molecule has 0 fully saturated rings. The van der Waals surface area contributed by atoms with E-state index in [1.54, 1.807) is 6.07 Å². The zero-order valence-electron chi connectivity index (χ0n) is 13.9. The number of hydrogen-bond acceptors (Lipinski definition) is 6. The van der Waals surface area contributed by atoms with Crippen molar-refractivity contribution in [2.24, 2.45) is 0 Å². The zero-order chi connectivity index (χ0) is 19.3. The van der Waals surface area contributed by atoms with Crippen molar-refractivity contribution in [3.63, 3.8) is 0 Å². The molecule has 0 aliphatic heterocycles. The molecule has 0 aromatic heterocycles. The smallest absolute Gasteiger partial charge is 0.342 e. The van der Waals surface area contributed by atoms with E-state index >= 15 is 0 Å². The molecule has 0 aliphatic rings. The lowest BCUT2D eigenvalue weighted by atomic mass is 10.2. The van der Waals surface area contributed by atoms with Crippen LogP contribution >= 0.6 is 11.6 Å². The van der Waals surface area contributed by atoms with Crippen molar-refractivity contribution in [2.75, 3.05) is 12.4 Å². The van der Waals surface area contributed by atoms with E-state index in [4.69, 9.17) is 21.1 Å². The van der Waals surface area contributed by atoms with Crippen LogP contribution in [0.2, 0.25) is 5.02 Å². The van der Waals surface area contributed by atoms with E-state index in [9.17, 15) is 19.7 Å². The van der Waals surface area contributed by atoms with E-state index in [0.717, 1.165) is 0 Å². The number of halogens is 1. The van der Waals surface area contributed by atoms with Gasteiger partial charge >= 0.3 is 5.97 Å². The van der Waals surface area contributed by atoms with Gasteiger partial charge in [0.25, 0.3) is 11.6 Å². The number of nitrogens with one attached hydrogen (secondary N) is 1. The molecule has 1 atom stereocenters. The van der Waals surface area contributed by atoms with Crippen LogP contribution in [0.15, 0.2) is 42.5 Å². The average molecular weight is 379 g/mol. The van der Waals surface area contributed by atoms with Gasteiger partial charge in [-0.3, -0.25) is 14.9 Å². The summed E-state index contributed by atoms with van der Waals surface area (Å²) in [5.74, 6) is -1.28. The Morgan fingerprint density at radius 1 is 1.23 bits per heavy atom. The van der Waals surface area contributed by atoms with Gasteiger partial charge in [0.05, 0.1) is 12.0 Å². The molecule has 26 heavy (non-hydrogen) atoms. The van der Waals surface area contributed by atoms with E-state index in [1.807, 2.05) is 0 Å². The third-order valence-corrected chi connectivity index (χ3v) is 3.63. The maximum Gasteiger partial charge on any atom is 0.342 e. The Bertz CT molecular complexity index is 855. The molecule has 0 heterocycles. The molecule has 0 saturated heterocycles. The maximum absolute atomic E-state index is 12.3. The predicted octanol–water partition coefficient (Wildman–Crippen LogP) is 3.44. The summed E-state index contributed by atoms with van der Waals surface area (Å²) >= 11 is 5.86. The third-order valence-electron chi connectivity index (χ3n) is 3.39. The number of nitro groups is 1. The largest absolute Gasteiger partial charge is 0.496 e. The summed E-state index contributed by atoms with van der Waals surface area (Å²) in [6, 6.07) is 10.0. The lowest BCUT2D eigenvalue weighted by Crippen LogP contribution is -2.30. The molecular weight excluding hydrogens is 364 g/mol. The average Bonchev–Trinajstić information content (AvgIpc) is 2.61. The quantitative estimate of drug-likeness (QED) is 0.468. The number of para-hydroxylation sites is 2. The van der Waals surface area contributed by atoms with Crippen molar-refractivity contribution in [1.82, 2.24) is 0 Å². The fourth-order valence-corrected chi connectivity index (χ4v) is 2.26. The summed E-state index contributed by atoms with van der Waals surface area (Å²) < 4.78 is 10.2. The Labute approximate surface area is 153 Å². The third kappa shape index (κ3) is 4.48. The molecule has 2 aromatic rings. The highest BCUT2D eigenvalue weighted by Crippen LogP contribution is 2.25. The van der Waals surface area contributed by atoms with Crippen LogP contribution in [0.4, 0.5) is 11.4 Å². The highest BCUT2D eigenvalue weighted by atomic mass is 35.5. The molecule has 0 unspecified atom stereocenters. The van der Waals surface area contributed by atoms with Gasteiger partial charge in [-0.25, -0.2) is 4.79 Å². The minimum absolute atomic E-state index is 0.00531. The van der Waals surface area contributed by atoms with Crippen molar-refractivity contribution < 1.29 is 24.0 Å².